The quantitative estimate of drug-likeness (QED) is 0.658. The van der Waals surface area contributed by atoms with Crippen LogP contribution in [0.1, 0.15) is 0 Å². The summed E-state index contributed by atoms with van der Waals surface area (Å²) in [6, 6.07) is 8.01. The molecule has 0 spiro atoms. The molecule has 1 aromatic carbocycles. The number of aromatic amines is 1. The zero-order chi connectivity index (χ0) is 11.1. The average molecular weight is 217 g/mol. The van der Waals surface area contributed by atoms with E-state index in [1.54, 1.807) is 12.1 Å². The minimum absolute atomic E-state index is 0.280. The lowest BCUT2D eigenvalue weighted by Gasteiger charge is -1.88. The van der Waals surface area contributed by atoms with Crippen LogP contribution in [0.5, 0.6) is 0 Å². The van der Waals surface area contributed by atoms with Gasteiger partial charge in [-0.1, -0.05) is 5.16 Å². The molecule has 3 aromatic rings. The van der Waals surface area contributed by atoms with E-state index in [1.807, 2.05) is 6.07 Å². The van der Waals surface area contributed by atoms with Gasteiger partial charge in [0.05, 0.1) is 5.69 Å². The third-order valence-electron chi connectivity index (χ3n) is 2.38. The lowest BCUT2D eigenvalue weighted by atomic mass is 10.2. The van der Waals surface area contributed by atoms with Crippen LogP contribution in [-0.4, -0.2) is 10.1 Å². The van der Waals surface area contributed by atoms with Crippen LogP contribution in [0.2, 0.25) is 0 Å². The van der Waals surface area contributed by atoms with E-state index in [0.29, 0.717) is 17.1 Å². The van der Waals surface area contributed by atoms with E-state index < -0.39 is 0 Å². The zero-order valence-electron chi connectivity index (χ0n) is 8.20. The maximum absolute atomic E-state index is 13.0. The zero-order valence-corrected chi connectivity index (χ0v) is 8.20. The molecule has 5 heteroatoms. The summed E-state index contributed by atoms with van der Waals surface area (Å²) in [6.45, 7) is 0. The third-order valence-corrected chi connectivity index (χ3v) is 2.38. The number of anilines is 1. The van der Waals surface area contributed by atoms with Gasteiger partial charge >= 0.3 is 0 Å². The van der Waals surface area contributed by atoms with Gasteiger partial charge in [-0.3, -0.25) is 0 Å². The Hall–Kier alpha value is -2.30. The van der Waals surface area contributed by atoms with E-state index in [9.17, 15) is 4.39 Å². The second-order valence-electron chi connectivity index (χ2n) is 3.53. The van der Waals surface area contributed by atoms with Gasteiger partial charge in [-0.25, -0.2) is 4.39 Å². The highest BCUT2D eigenvalue weighted by Gasteiger charge is 2.08. The summed E-state index contributed by atoms with van der Waals surface area (Å²) in [4.78, 5) is 3.04. The number of fused-ring (bicyclic) bond motifs is 1. The predicted molar refractivity (Wildman–Crippen MR) is 58.2 cm³/mol. The Morgan fingerprint density at radius 1 is 1.25 bits per heavy atom. The number of aromatic nitrogens is 2. The molecule has 3 N–H and O–H groups in total. The first-order valence-corrected chi connectivity index (χ1v) is 4.73. The van der Waals surface area contributed by atoms with Gasteiger partial charge in [-0.15, -0.1) is 0 Å². The van der Waals surface area contributed by atoms with Crippen molar-refractivity contribution in [2.24, 2.45) is 0 Å². The highest BCUT2D eigenvalue weighted by atomic mass is 19.1. The van der Waals surface area contributed by atoms with Gasteiger partial charge in [-0.05, 0) is 24.3 Å². The van der Waals surface area contributed by atoms with Gasteiger partial charge in [0.2, 0.25) is 0 Å². The molecular formula is C11H8FN3O. The normalized spacial score (nSPS) is 11.1. The van der Waals surface area contributed by atoms with Crippen LogP contribution >= 0.6 is 0 Å². The van der Waals surface area contributed by atoms with Gasteiger partial charge in [0.25, 0.3) is 0 Å². The molecule has 2 heterocycles. The number of benzene rings is 1. The molecule has 16 heavy (non-hydrogen) atoms. The number of halogens is 1. The maximum Gasteiger partial charge on any atom is 0.185 e. The van der Waals surface area contributed by atoms with E-state index >= 15 is 0 Å². The maximum atomic E-state index is 13.0. The fraction of sp³-hybridized carbons (Fsp3) is 0. The topological polar surface area (TPSA) is 67.8 Å². The van der Waals surface area contributed by atoms with Crippen molar-refractivity contribution < 1.29 is 8.91 Å². The van der Waals surface area contributed by atoms with Crippen LogP contribution in [0.15, 0.2) is 34.9 Å². The van der Waals surface area contributed by atoms with Gasteiger partial charge in [-0.2, -0.15) is 0 Å². The van der Waals surface area contributed by atoms with Crippen molar-refractivity contribution in [2.75, 3.05) is 5.73 Å². The molecule has 0 bridgehead atoms. The van der Waals surface area contributed by atoms with Crippen molar-refractivity contribution in [1.29, 1.82) is 0 Å². The van der Waals surface area contributed by atoms with Crippen LogP contribution in [-0.2, 0) is 0 Å². The number of hydrogen-bond acceptors (Lipinski definition) is 3. The Bertz CT molecular complexity index is 656. The van der Waals surface area contributed by atoms with Crippen LogP contribution in [0.4, 0.5) is 10.2 Å². The first-order valence-electron chi connectivity index (χ1n) is 4.73. The van der Waals surface area contributed by atoms with E-state index in [0.717, 1.165) is 11.1 Å². The standard InChI is InChI=1S/C11H8FN3O/c12-7-2-1-6-3-9(14-8(6)4-7)10-5-11(13)15-16-10/h1-5,14H,(H2,13,15). The van der Waals surface area contributed by atoms with Crippen LogP contribution in [0.3, 0.4) is 0 Å². The third kappa shape index (κ3) is 1.33. The molecule has 2 aromatic heterocycles. The van der Waals surface area contributed by atoms with Crippen molar-refractivity contribution in [2.45, 2.75) is 0 Å². The number of hydrogen-bond donors (Lipinski definition) is 2. The molecule has 0 saturated carbocycles. The Labute approximate surface area is 89.9 Å². The van der Waals surface area contributed by atoms with Crippen molar-refractivity contribution in [3.63, 3.8) is 0 Å². The van der Waals surface area contributed by atoms with E-state index in [1.165, 1.54) is 12.1 Å². The summed E-state index contributed by atoms with van der Waals surface area (Å²) in [5, 5.41) is 4.50. The fourth-order valence-corrected chi connectivity index (χ4v) is 1.65. The van der Waals surface area contributed by atoms with Crippen molar-refractivity contribution in [1.82, 2.24) is 10.1 Å². The number of nitrogens with zero attached hydrogens (tertiary/aromatic N) is 1. The molecular weight excluding hydrogens is 209 g/mol. The van der Waals surface area contributed by atoms with Crippen molar-refractivity contribution >= 4 is 16.7 Å². The Morgan fingerprint density at radius 2 is 2.12 bits per heavy atom. The van der Waals surface area contributed by atoms with E-state index in [4.69, 9.17) is 10.3 Å². The monoisotopic (exact) mass is 217 g/mol. The first-order chi connectivity index (χ1) is 7.72. The molecule has 0 aliphatic heterocycles. The Morgan fingerprint density at radius 3 is 2.88 bits per heavy atom. The lowest BCUT2D eigenvalue weighted by molar-refractivity contribution is 0.435. The molecule has 0 fully saturated rings. The molecule has 0 aliphatic rings. The van der Waals surface area contributed by atoms with Gasteiger partial charge in [0, 0.05) is 17.0 Å². The number of H-pyrrole nitrogens is 1. The summed E-state index contributed by atoms with van der Waals surface area (Å²) in [5.74, 6) is 0.576. The molecule has 0 saturated heterocycles. The molecule has 80 valence electrons. The summed E-state index contributed by atoms with van der Waals surface area (Å²) in [5.41, 5.74) is 6.90. The number of nitrogens with one attached hydrogen (secondary N) is 1. The SMILES string of the molecule is Nc1cc(-c2cc3ccc(F)cc3[nH]2)on1. The lowest BCUT2D eigenvalue weighted by Crippen LogP contribution is -1.79. The van der Waals surface area contributed by atoms with Gasteiger partial charge in [0.15, 0.2) is 11.6 Å². The fourth-order valence-electron chi connectivity index (χ4n) is 1.65. The molecule has 0 unspecified atom stereocenters. The largest absolute Gasteiger partial charge is 0.381 e. The highest BCUT2D eigenvalue weighted by Crippen LogP contribution is 2.25. The molecule has 0 radical (unpaired) electrons. The minimum atomic E-state index is -0.280. The number of rotatable bonds is 1. The Balaban J connectivity index is 2.18. The predicted octanol–water partition coefficient (Wildman–Crippen LogP) is 2.54. The summed E-state index contributed by atoms with van der Waals surface area (Å²) in [7, 11) is 0. The number of nitrogen functional groups attached to an aromatic ring is 1. The van der Waals surface area contributed by atoms with Crippen LogP contribution in [0, 0.1) is 5.82 Å². The average Bonchev–Trinajstić information content (AvgIpc) is 2.83. The molecule has 0 amide bonds. The van der Waals surface area contributed by atoms with Gasteiger partial charge in [0.1, 0.15) is 5.82 Å². The van der Waals surface area contributed by atoms with Gasteiger partial charge < -0.3 is 15.2 Å². The molecule has 4 nitrogen and oxygen atoms in total. The minimum Gasteiger partial charge on any atom is -0.381 e. The smallest absolute Gasteiger partial charge is 0.185 e. The second kappa shape index (κ2) is 3.10. The second-order valence-corrected chi connectivity index (χ2v) is 3.53. The molecule has 0 atom stereocenters. The highest BCUT2D eigenvalue weighted by molar-refractivity contribution is 5.85. The Kier molecular flexibility index (Phi) is 1.73. The summed E-state index contributed by atoms with van der Waals surface area (Å²) >= 11 is 0. The van der Waals surface area contributed by atoms with Crippen LogP contribution < -0.4 is 5.73 Å². The van der Waals surface area contributed by atoms with E-state index in [2.05, 4.69) is 10.1 Å². The van der Waals surface area contributed by atoms with E-state index in [-0.39, 0.29) is 5.82 Å². The van der Waals surface area contributed by atoms with Crippen LogP contribution in [0.25, 0.3) is 22.4 Å². The summed E-state index contributed by atoms with van der Waals surface area (Å²) in [6.07, 6.45) is 0. The molecule has 0 aliphatic carbocycles. The van der Waals surface area contributed by atoms with Crippen molar-refractivity contribution in [3.8, 4) is 11.5 Å². The summed E-state index contributed by atoms with van der Waals surface area (Å²) < 4.78 is 18.0. The number of nitrogens with two attached hydrogens (primary N) is 1. The van der Waals surface area contributed by atoms with Crippen molar-refractivity contribution in [3.05, 3.63) is 36.1 Å². The first kappa shape index (κ1) is 8.96. The molecule has 3 rings (SSSR count).